The molecule has 0 N–H and O–H groups in total. The molecule has 2 aromatic carbocycles. The van der Waals surface area contributed by atoms with Crippen molar-refractivity contribution < 1.29 is 4.79 Å². The predicted molar refractivity (Wildman–Crippen MR) is 89.5 cm³/mol. The van der Waals surface area contributed by atoms with Gasteiger partial charge >= 0.3 is 0 Å². The molecule has 1 heterocycles. The first-order valence-electron chi connectivity index (χ1n) is 6.59. The first-order chi connectivity index (χ1) is 10.2. The van der Waals surface area contributed by atoms with Crippen molar-refractivity contribution in [2.45, 2.75) is 11.4 Å². The molecule has 3 rings (SSSR count). The van der Waals surface area contributed by atoms with E-state index >= 15 is 0 Å². The molecule has 0 amide bonds. The van der Waals surface area contributed by atoms with E-state index in [1.165, 1.54) is 0 Å². The number of Topliss-reactive ketones (excluding diaryl/α,β-unsaturated/α-hetero) is 1. The molecule has 0 atom stereocenters. The van der Waals surface area contributed by atoms with Gasteiger partial charge in [-0.15, -0.1) is 11.8 Å². The third-order valence-electron chi connectivity index (χ3n) is 3.47. The van der Waals surface area contributed by atoms with Crippen LogP contribution in [0.4, 0.5) is 0 Å². The molecular weight excluding hydrogens is 302 g/mol. The number of hydrogen-bond donors (Lipinski definition) is 0. The van der Waals surface area contributed by atoms with Gasteiger partial charge < -0.3 is 4.57 Å². The van der Waals surface area contributed by atoms with Gasteiger partial charge in [0.15, 0.2) is 5.78 Å². The van der Waals surface area contributed by atoms with E-state index in [1.807, 2.05) is 65.6 Å². The van der Waals surface area contributed by atoms with Crippen molar-refractivity contribution in [2.75, 3.05) is 6.26 Å². The largest absolute Gasteiger partial charge is 0.338 e. The third-order valence-corrected chi connectivity index (χ3v) is 4.51. The highest BCUT2D eigenvalue weighted by Gasteiger charge is 2.10. The lowest BCUT2D eigenvalue weighted by atomic mass is 10.1. The second-order valence-electron chi connectivity index (χ2n) is 4.77. The number of nitrogens with zero attached hydrogens (tertiary/aromatic N) is 1. The molecule has 2 nitrogen and oxygen atoms in total. The van der Waals surface area contributed by atoms with Gasteiger partial charge in [-0.2, -0.15) is 0 Å². The van der Waals surface area contributed by atoms with Crippen LogP contribution in [0.5, 0.6) is 0 Å². The molecule has 106 valence electrons. The lowest BCUT2D eigenvalue weighted by Crippen LogP contribution is -2.09. The van der Waals surface area contributed by atoms with E-state index in [0.717, 1.165) is 21.4 Å². The van der Waals surface area contributed by atoms with Crippen LogP contribution in [0.15, 0.2) is 59.6 Å². The van der Waals surface area contributed by atoms with Crippen LogP contribution in [0.3, 0.4) is 0 Å². The average Bonchev–Trinajstić information content (AvgIpc) is 2.92. The van der Waals surface area contributed by atoms with E-state index in [1.54, 1.807) is 11.8 Å². The Balaban J connectivity index is 1.89. The number of rotatable bonds is 4. The van der Waals surface area contributed by atoms with E-state index in [-0.39, 0.29) is 5.78 Å². The Morgan fingerprint density at radius 3 is 2.62 bits per heavy atom. The number of aromatic nitrogens is 1. The van der Waals surface area contributed by atoms with E-state index in [9.17, 15) is 4.79 Å². The minimum atomic E-state index is 0.0834. The van der Waals surface area contributed by atoms with Crippen LogP contribution in [-0.4, -0.2) is 16.6 Å². The van der Waals surface area contributed by atoms with Crippen LogP contribution < -0.4 is 0 Å². The molecule has 0 spiro atoms. The molecule has 0 aliphatic carbocycles. The molecule has 0 bridgehead atoms. The maximum absolute atomic E-state index is 12.4. The van der Waals surface area contributed by atoms with Gasteiger partial charge in [0.05, 0.1) is 17.1 Å². The van der Waals surface area contributed by atoms with Crippen molar-refractivity contribution in [2.24, 2.45) is 0 Å². The van der Waals surface area contributed by atoms with Gasteiger partial charge in [0.1, 0.15) is 0 Å². The number of carbonyl (C=O) groups is 1. The maximum atomic E-state index is 12.4. The number of fused-ring (bicyclic) bond motifs is 1. The lowest BCUT2D eigenvalue weighted by molar-refractivity contribution is 0.0973. The van der Waals surface area contributed by atoms with E-state index in [0.29, 0.717) is 11.6 Å². The molecule has 0 aliphatic rings. The molecule has 0 radical (unpaired) electrons. The highest BCUT2D eigenvalue weighted by atomic mass is 35.5. The topological polar surface area (TPSA) is 22.0 Å². The van der Waals surface area contributed by atoms with E-state index in [4.69, 9.17) is 11.6 Å². The lowest BCUT2D eigenvalue weighted by Gasteiger charge is -2.07. The second-order valence-corrected chi connectivity index (χ2v) is 6.06. The number of para-hydroxylation sites is 1. The van der Waals surface area contributed by atoms with E-state index in [2.05, 4.69) is 0 Å². The molecule has 0 aliphatic heterocycles. The minimum absolute atomic E-state index is 0.0834. The summed E-state index contributed by atoms with van der Waals surface area (Å²) in [5, 5.41) is 1.72. The van der Waals surface area contributed by atoms with Gasteiger partial charge in [-0.25, -0.2) is 0 Å². The van der Waals surface area contributed by atoms with Crippen LogP contribution in [0, 0.1) is 0 Å². The summed E-state index contributed by atoms with van der Waals surface area (Å²) in [4.78, 5) is 13.5. The summed E-state index contributed by atoms with van der Waals surface area (Å²) in [5.41, 5.74) is 1.63. The number of carbonyl (C=O) groups excluding carboxylic acids is 1. The van der Waals surface area contributed by atoms with Crippen molar-refractivity contribution in [1.82, 2.24) is 4.57 Å². The third kappa shape index (κ3) is 2.85. The minimum Gasteiger partial charge on any atom is -0.338 e. The van der Waals surface area contributed by atoms with Gasteiger partial charge in [-0.3, -0.25) is 4.79 Å². The molecule has 0 unspecified atom stereocenters. The quantitative estimate of drug-likeness (QED) is 0.504. The zero-order chi connectivity index (χ0) is 14.8. The zero-order valence-corrected chi connectivity index (χ0v) is 13.1. The van der Waals surface area contributed by atoms with Crippen LogP contribution in [0.25, 0.3) is 10.9 Å². The fourth-order valence-electron chi connectivity index (χ4n) is 2.37. The highest BCUT2D eigenvalue weighted by Crippen LogP contribution is 2.24. The van der Waals surface area contributed by atoms with Crippen molar-refractivity contribution >= 4 is 40.0 Å². The van der Waals surface area contributed by atoms with Crippen LogP contribution in [-0.2, 0) is 6.54 Å². The summed E-state index contributed by atoms with van der Waals surface area (Å²) >= 11 is 7.90. The number of halogens is 1. The fourth-order valence-corrected chi connectivity index (χ4v) is 3.07. The first kappa shape index (κ1) is 14.2. The highest BCUT2D eigenvalue weighted by molar-refractivity contribution is 7.98. The van der Waals surface area contributed by atoms with Gasteiger partial charge in [0.2, 0.25) is 0 Å². The summed E-state index contributed by atoms with van der Waals surface area (Å²) < 4.78 is 1.91. The van der Waals surface area contributed by atoms with Crippen LogP contribution >= 0.6 is 23.4 Å². The first-order valence-corrected chi connectivity index (χ1v) is 8.20. The van der Waals surface area contributed by atoms with Crippen molar-refractivity contribution in [1.29, 1.82) is 0 Å². The Labute approximate surface area is 132 Å². The fraction of sp³-hybridized carbons (Fsp3) is 0.118. The normalized spacial score (nSPS) is 11.0. The molecule has 0 saturated carbocycles. The average molecular weight is 316 g/mol. The SMILES string of the molecule is CSc1ccc(C(=O)Cn2ccc3cccc(Cl)c32)cc1. The van der Waals surface area contributed by atoms with Crippen LogP contribution in [0.2, 0.25) is 5.02 Å². The Morgan fingerprint density at radius 1 is 1.14 bits per heavy atom. The summed E-state index contributed by atoms with van der Waals surface area (Å²) in [6, 6.07) is 15.4. The molecule has 0 saturated heterocycles. The molecule has 1 aromatic heterocycles. The number of hydrogen-bond acceptors (Lipinski definition) is 2. The Bertz CT molecular complexity index is 792. The summed E-state index contributed by atoms with van der Waals surface area (Å²) in [7, 11) is 0. The Kier molecular flexibility index (Phi) is 4.04. The van der Waals surface area contributed by atoms with Gasteiger partial charge in [0, 0.05) is 22.0 Å². The molecule has 4 heteroatoms. The monoisotopic (exact) mass is 315 g/mol. The number of benzene rings is 2. The summed E-state index contributed by atoms with van der Waals surface area (Å²) in [5.74, 6) is 0.0834. The molecule has 0 fully saturated rings. The number of thioether (sulfide) groups is 1. The zero-order valence-electron chi connectivity index (χ0n) is 11.5. The summed E-state index contributed by atoms with van der Waals surface area (Å²) in [6.07, 6.45) is 3.93. The predicted octanol–water partition coefficient (Wildman–Crippen LogP) is 4.90. The Hall–Kier alpha value is -1.71. The van der Waals surface area contributed by atoms with E-state index < -0.39 is 0 Å². The molecule has 21 heavy (non-hydrogen) atoms. The van der Waals surface area contributed by atoms with Crippen molar-refractivity contribution in [3.63, 3.8) is 0 Å². The van der Waals surface area contributed by atoms with Crippen molar-refractivity contribution in [3.8, 4) is 0 Å². The maximum Gasteiger partial charge on any atom is 0.182 e. The van der Waals surface area contributed by atoms with Crippen LogP contribution in [0.1, 0.15) is 10.4 Å². The summed E-state index contributed by atoms with van der Waals surface area (Å²) in [6.45, 7) is 0.297. The van der Waals surface area contributed by atoms with Gasteiger partial charge in [-0.1, -0.05) is 35.9 Å². The standard InChI is InChI=1S/C17H14ClNOS/c1-21-14-7-5-12(6-8-14)16(20)11-19-10-9-13-3-2-4-15(18)17(13)19/h2-10H,11H2,1H3. The Morgan fingerprint density at radius 2 is 1.90 bits per heavy atom. The smallest absolute Gasteiger partial charge is 0.182 e. The molecule has 3 aromatic rings. The van der Waals surface area contributed by atoms with Gasteiger partial charge in [-0.05, 0) is 30.5 Å². The second kappa shape index (κ2) is 5.96. The van der Waals surface area contributed by atoms with Crippen molar-refractivity contribution in [3.05, 3.63) is 65.3 Å². The van der Waals surface area contributed by atoms with Gasteiger partial charge in [0.25, 0.3) is 0 Å². The number of ketones is 1. The molecular formula is C17H14ClNOS.